The van der Waals surface area contributed by atoms with E-state index in [1.165, 1.54) is 4.90 Å². The molecule has 1 fully saturated rings. The number of halogens is 4. The maximum absolute atomic E-state index is 13.4. The second-order valence-corrected chi connectivity index (χ2v) is 15.1. The van der Waals surface area contributed by atoms with Gasteiger partial charge in [-0.2, -0.15) is 17.9 Å². The number of hydrogen-bond acceptors (Lipinski definition) is 8. The number of benzene rings is 1. The second-order valence-electron chi connectivity index (χ2n) is 12.9. The van der Waals surface area contributed by atoms with Crippen LogP contribution in [0.3, 0.4) is 0 Å². The van der Waals surface area contributed by atoms with Crippen molar-refractivity contribution in [2.75, 3.05) is 13.1 Å². The highest BCUT2D eigenvalue weighted by Gasteiger charge is 2.38. The summed E-state index contributed by atoms with van der Waals surface area (Å²) in [5.41, 5.74) is 3.89. The molecular formula is C31H44ClF3N6O9S. The van der Waals surface area contributed by atoms with Crippen LogP contribution in [0, 0.1) is 11.8 Å². The highest BCUT2D eigenvalue weighted by molar-refractivity contribution is 7.89. The topological polar surface area (TPSA) is 234 Å². The molecule has 286 valence electrons. The van der Waals surface area contributed by atoms with Gasteiger partial charge in [-0.1, -0.05) is 39.3 Å². The number of carboxylic acids is 1. The van der Waals surface area contributed by atoms with E-state index in [1.54, 1.807) is 32.4 Å². The van der Waals surface area contributed by atoms with Crippen molar-refractivity contribution in [3.8, 4) is 0 Å². The molecule has 0 radical (unpaired) electrons. The fourth-order valence-electron chi connectivity index (χ4n) is 5.38. The Hall–Kier alpha value is -3.97. The van der Waals surface area contributed by atoms with Crippen LogP contribution in [0.2, 0.25) is 5.02 Å². The fraction of sp³-hybridized carbons (Fsp3) is 0.613. The Labute approximate surface area is 298 Å². The van der Waals surface area contributed by atoms with Crippen LogP contribution < -0.4 is 26.4 Å². The van der Waals surface area contributed by atoms with Gasteiger partial charge in [0.15, 0.2) is 0 Å². The molecule has 5 amide bonds. The number of amides is 5. The lowest BCUT2D eigenvalue weighted by atomic mass is 9.99. The first-order valence-corrected chi connectivity index (χ1v) is 18.0. The van der Waals surface area contributed by atoms with E-state index < -0.39 is 98.8 Å². The van der Waals surface area contributed by atoms with Crippen LogP contribution in [-0.2, 0) is 45.0 Å². The first-order valence-electron chi connectivity index (χ1n) is 16.1. The lowest BCUT2D eigenvalue weighted by Gasteiger charge is -2.32. The maximum Gasteiger partial charge on any atom is 0.417 e. The van der Waals surface area contributed by atoms with Crippen LogP contribution in [0.1, 0.15) is 71.8 Å². The molecule has 1 heterocycles. The molecule has 20 heteroatoms. The van der Waals surface area contributed by atoms with E-state index in [1.807, 2.05) is 0 Å². The Bertz CT molecular complexity index is 1580. The Morgan fingerprint density at radius 1 is 1.04 bits per heavy atom. The summed E-state index contributed by atoms with van der Waals surface area (Å²) in [6.45, 7) is 6.81. The minimum atomic E-state index is -4.99. The van der Waals surface area contributed by atoms with Gasteiger partial charge >= 0.3 is 12.1 Å². The molecule has 1 saturated heterocycles. The molecule has 1 aliphatic rings. The Balaban J connectivity index is 2.01. The molecule has 7 N–H and O–H groups in total. The zero-order valence-electron chi connectivity index (χ0n) is 28.5. The number of sulfonamides is 1. The van der Waals surface area contributed by atoms with Crippen LogP contribution in [0.25, 0.3) is 0 Å². The summed E-state index contributed by atoms with van der Waals surface area (Å²) in [6, 6.07) is -2.69. The number of aliphatic carboxylic acids is 1. The first kappa shape index (κ1) is 43.2. The summed E-state index contributed by atoms with van der Waals surface area (Å²) < 4.78 is 66.7. The molecule has 0 saturated carbocycles. The molecule has 1 aromatic carbocycles. The number of nitrogens with one attached hydrogen (secondary N) is 4. The largest absolute Gasteiger partial charge is 0.480 e. The summed E-state index contributed by atoms with van der Waals surface area (Å²) in [4.78, 5) is 75.9. The third kappa shape index (κ3) is 13.3. The fourth-order valence-corrected chi connectivity index (χ4v) is 6.86. The van der Waals surface area contributed by atoms with E-state index in [-0.39, 0.29) is 42.7 Å². The van der Waals surface area contributed by atoms with E-state index in [0.717, 1.165) is 6.07 Å². The zero-order chi connectivity index (χ0) is 38.8. The average molecular weight is 769 g/mol. The van der Waals surface area contributed by atoms with Gasteiger partial charge in [0.25, 0.3) is 0 Å². The van der Waals surface area contributed by atoms with Crippen molar-refractivity contribution in [2.45, 2.75) is 101 Å². The number of carboxylic acid groups (broad SMARTS) is 1. The van der Waals surface area contributed by atoms with Crippen molar-refractivity contribution in [3.63, 3.8) is 0 Å². The van der Waals surface area contributed by atoms with Gasteiger partial charge in [0.2, 0.25) is 39.6 Å². The molecule has 0 unspecified atom stereocenters. The van der Waals surface area contributed by atoms with Gasteiger partial charge in [-0.3, -0.25) is 28.8 Å². The van der Waals surface area contributed by atoms with Crippen LogP contribution >= 0.6 is 11.6 Å². The summed E-state index contributed by atoms with van der Waals surface area (Å²) in [6.07, 6.45) is -4.82. The Morgan fingerprint density at radius 3 is 2.24 bits per heavy atom. The number of primary amides is 1. The van der Waals surface area contributed by atoms with Crippen LogP contribution in [0.15, 0.2) is 23.1 Å². The van der Waals surface area contributed by atoms with Crippen molar-refractivity contribution in [1.82, 2.24) is 25.6 Å². The molecular weight excluding hydrogens is 725 g/mol. The van der Waals surface area contributed by atoms with Crippen LogP contribution in [0.4, 0.5) is 13.2 Å². The molecule has 4 atom stereocenters. The number of carbonyl (C=O) groups is 6. The lowest BCUT2D eigenvalue weighted by Crippen LogP contribution is -2.57. The maximum atomic E-state index is 13.4. The van der Waals surface area contributed by atoms with Crippen LogP contribution in [-0.4, -0.2) is 91.2 Å². The van der Waals surface area contributed by atoms with Gasteiger partial charge in [-0.15, -0.1) is 0 Å². The minimum absolute atomic E-state index is 0.00956. The number of nitrogens with two attached hydrogens (primary N) is 1. The summed E-state index contributed by atoms with van der Waals surface area (Å²) in [5, 5.41) is 16.2. The molecule has 1 aliphatic heterocycles. The number of rotatable bonds is 18. The van der Waals surface area contributed by atoms with E-state index in [2.05, 4.69) is 16.0 Å². The smallest absolute Gasteiger partial charge is 0.417 e. The summed E-state index contributed by atoms with van der Waals surface area (Å²) >= 11 is 5.52. The van der Waals surface area contributed by atoms with Crippen molar-refractivity contribution < 1.29 is 55.5 Å². The van der Waals surface area contributed by atoms with E-state index in [9.17, 15) is 55.5 Å². The SMILES string of the molecule is CC(C)C[C@H](NC(=O)CNC(=O)CC[C@H](NS(=O)(=O)c1ccc(Cl)c(C(F)(F)F)c1)C(=O)O)C(=O)N[C@H](C(=O)N1CCC[C@H]1CC(N)=O)C(C)C. The lowest BCUT2D eigenvalue weighted by molar-refractivity contribution is -0.140. The van der Waals surface area contributed by atoms with Crippen LogP contribution in [0.5, 0.6) is 0 Å². The molecule has 0 bridgehead atoms. The van der Waals surface area contributed by atoms with Crippen molar-refractivity contribution in [3.05, 3.63) is 28.8 Å². The second kappa shape index (κ2) is 18.5. The monoisotopic (exact) mass is 768 g/mol. The average Bonchev–Trinajstić information content (AvgIpc) is 3.46. The van der Waals surface area contributed by atoms with Gasteiger partial charge in [-0.25, -0.2) is 8.42 Å². The number of likely N-dealkylation sites (tertiary alicyclic amines) is 1. The summed E-state index contributed by atoms with van der Waals surface area (Å²) in [7, 11) is -4.81. The predicted molar refractivity (Wildman–Crippen MR) is 177 cm³/mol. The first-order chi connectivity index (χ1) is 23.5. The van der Waals surface area contributed by atoms with Gasteiger partial charge in [0.05, 0.1) is 22.0 Å². The van der Waals surface area contributed by atoms with E-state index in [0.29, 0.717) is 25.5 Å². The molecule has 0 aromatic heterocycles. The third-order valence-corrected chi connectivity index (χ3v) is 9.74. The normalized spacial score (nSPS) is 16.7. The standard InChI is InChI=1S/C31H44ClF3N6O9S/c1-16(2)12-23(28(45)39-27(17(3)4)29(46)41-11-5-6-18(41)13-24(36)42)38-26(44)15-37-25(43)10-9-22(30(47)48)40-51(49,50)19-7-8-21(32)20(14-19)31(33,34)35/h7-8,14,16-18,22-23,27,40H,5-6,9-13,15H2,1-4H3,(H2,36,42)(H,37,43)(H,38,44)(H,39,45)(H,47,48)/t18-,22-,23-,27-/m0/s1. The van der Waals surface area contributed by atoms with E-state index >= 15 is 0 Å². The quantitative estimate of drug-likeness (QED) is 0.127. The van der Waals surface area contributed by atoms with E-state index in [4.69, 9.17) is 17.3 Å². The number of carbonyl (C=O) groups excluding carboxylic acids is 5. The zero-order valence-corrected chi connectivity index (χ0v) is 30.1. The molecule has 2 rings (SSSR count). The highest BCUT2D eigenvalue weighted by Crippen LogP contribution is 2.36. The molecule has 0 spiro atoms. The van der Waals surface area contributed by atoms with Crippen molar-refractivity contribution in [1.29, 1.82) is 0 Å². The minimum Gasteiger partial charge on any atom is -0.480 e. The molecule has 15 nitrogen and oxygen atoms in total. The molecule has 0 aliphatic carbocycles. The number of nitrogens with zero attached hydrogens (tertiary/aromatic N) is 1. The third-order valence-electron chi connectivity index (χ3n) is 7.94. The Morgan fingerprint density at radius 2 is 1.69 bits per heavy atom. The van der Waals surface area contributed by atoms with Crippen molar-refractivity contribution >= 4 is 57.1 Å². The highest BCUT2D eigenvalue weighted by atomic mass is 35.5. The molecule has 51 heavy (non-hydrogen) atoms. The Kier molecular flexibility index (Phi) is 15.7. The predicted octanol–water partition coefficient (Wildman–Crippen LogP) is 1.52. The van der Waals surface area contributed by atoms with Crippen molar-refractivity contribution in [2.24, 2.45) is 17.6 Å². The van der Waals surface area contributed by atoms with Gasteiger partial charge in [-0.05, 0) is 55.7 Å². The number of alkyl halides is 3. The summed E-state index contributed by atoms with van der Waals surface area (Å²) in [5.74, 6) is -5.42. The van der Waals surface area contributed by atoms with Gasteiger partial charge < -0.3 is 31.7 Å². The van der Waals surface area contributed by atoms with Gasteiger partial charge in [0.1, 0.15) is 18.1 Å². The molecule has 1 aromatic rings. The number of hydrogen-bond donors (Lipinski definition) is 6. The van der Waals surface area contributed by atoms with Gasteiger partial charge in [0, 0.05) is 25.4 Å².